The lowest BCUT2D eigenvalue weighted by atomic mass is 9.94. The number of nitrogens with one attached hydrogen (secondary N) is 1. The third-order valence-corrected chi connectivity index (χ3v) is 4.11. The van der Waals surface area contributed by atoms with E-state index in [1.54, 1.807) is 0 Å². The number of nitrogens with zero attached hydrogens (tertiary/aromatic N) is 1. The Morgan fingerprint density at radius 1 is 1.19 bits per heavy atom. The van der Waals surface area contributed by atoms with Crippen molar-refractivity contribution in [1.82, 2.24) is 10.2 Å². The highest BCUT2D eigenvalue weighted by Gasteiger charge is 2.24. The number of halogens is 1. The molecule has 2 atom stereocenters. The molecule has 0 radical (unpaired) electrons. The van der Waals surface area contributed by atoms with Crippen molar-refractivity contribution in [3.63, 3.8) is 0 Å². The standard InChI is InChI=1S/C13H26N2.ClH/c1-2-13-7-3-4-9-15(13)11-12-6-5-8-14-10-12;/h12-14H,2-11H2,1H3;1H. The largest absolute Gasteiger partial charge is 0.316 e. The molecule has 3 heteroatoms. The third kappa shape index (κ3) is 3.90. The van der Waals surface area contributed by atoms with Crippen LogP contribution in [0.1, 0.15) is 45.4 Å². The maximum Gasteiger partial charge on any atom is 0.00927 e. The lowest BCUT2D eigenvalue weighted by molar-refractivity contribution is 0.114. The fourth-order valence-corrected chi connectivity index (χ4v) is 3.17. The van der Waals surface area contributed by atoms with Gasteiger partial charge in [-0.1, -0.05) is 13.3 Å². The van der Waals surface area contributed by atoms with E-state index in [4.69, 9.17) is 0 Å². The van der Waals surface area contributed by atoms with Gasteiger partial charge in [-0.25, -0.2) is 0 Å². The predicted octanol–water partition coefficient (Wildman–Crippen LogP) is 2.67. The molecule has 2 fully saturated rings. The molecule has 16 heavy (non-hydrogen) atoms. The number of likely N-dealkylation sites (tertiary alicyclic amines) is 1. The van der Waals surface area contributed by atoms with Crippen LogP contribution in [0.15, 0.2) is 0 Å². The number of rotatable bonds is 3. The summed E-state index contributed by atoms with van der Waals surface area (Å²) in [7, 11) is 0. The minimum absolute atomic E-state index is 0. The molecular weight excluding hydrogens is 220 g/mol. The van der Waals surface area contributed by atoms with Gasteiger partial charge in [0.15, 0.2) is 0 Å². The summed E-state index contributed by atoms with van der Waals surface area (Å²) >= 11 is 0. The second kappa shape index (κ2) is 7.52. The fraction of sp³-hybridized carbons (Fsp3) is 1.00. The lowest BCUT2D eigenvalue weighted by Crippen LogP contribution is -2.45. The van der Waals surface area contributed by atoms with Gasteiger partial charge in [0, 0.05) is 12.6 Å². The van der Waals surface area contributed by atoms with Crippen molar-refractivity contribution >= 4 is 12.4 Å². The molecule has 0 aliphatic carbocycles. The molecular formula is C13H27ClN2. The average Bonchev–Trinajstić information content (AvgIpc) is 2.31. The highest BCUT2D eigenvalue weighted by atomic mass is 35.5. The summed E-state index contributed by atoms with van der Waals surface area (Å²) in [6.07, 6.45) is 8.50. The zero-order valence-corrected chi connectivity index (χ0v) is 11.4. The van der Waals surface area contributed by atoms with Crippen molar-refractivity contribution in [2.45, 2.75) is 51.5 Å². The zero-order chi connectivity index (χ0) is 10.5. The van der Waals surface area contributed by atoms with E-state index in [1.807, 2.05) is 0 Å². The highest BCUT2D eigenvalue weighted by Crippen LogP contribution is 2.22. The van der Waals surface area contributed by atoms with Crippen LogP contribution < -0.4 is 5.32 Å². The van der Waals surface area contributed by atoms with E-state index in [1.165, 1.54) is 64.7 Å². The summed E-state index contributed by atoms with van der Waals surface area (Å²) in [5.41, 5.74) is 0. The van der Waals surface area contributed by atoms with Crippen LogP contribution in [0.3, 0.4) is 0 Å². The van der Waals surface area contributed by atoms with Crippen LogP contribution in [0, 0.1) is 5.92 Å². The SMILES string of the molecule is CCC1CCCCN1CC1CCCNC1.Cl. The molecule has 0 saturated carbocycles. The second-order valence-electron chi connectivity index (χ2n) is 5.27. The second-order valence-corrected chi connectivity index (χ2v) is 5.27. The molecule has 0 amide bonds. The van der Waals surface area contributed by atoms with E-state index in [9.17, 15) is 0 Å². The van der Waals surface area contributed by atoms with Crippen molar-refractivity contribution in [3.05, 3.63) is 0 Å². The Kier molecular flexibility index (Phi) is 6.71. The van der Waals surface area contributed by atoms with E-state index in [-0.39, 0.29) is 12.4 Å². The number of piperidine rings is 2. The van der Waals surface area contributed by atoms with Crippen LogP contribution in [0.2, 0.25) is 0 Å². The Hall–Kier alpha value is 0.210. The molecule has 1 N–H and O–H groups in total. The van der Waals surface area contributed by atoms with Crippen LogP contribution in [0.5, 0.6) is 0 Å². The Balaban J connectivity index is 0.00000128. The first-order valence-corrected chi connectivity index (χ1v) is 6.85. The minimum atomic E-state index is 0. The molecule has 2 nitrogen and oxygen atoms in total. The van der Waals surface area contributed by atoms with Gasteiger partial charge >= 0.3 is 0 Å². The first-order chi connectivity index (χ1) is 7.40. The molecule has 2 rings (SSSR count). The summed E-state index contributed by atoms with van der Waals surface area (Å²) in [6, 6.07) is 0.890. The highest BCUT2D eigenvalue weighted by molar-refractivity contribution is 5.85. The molecule has 2 heterocycles. The van der Waals surface area contributed by atoms with Crippen molar-refractivity contribution < 1.29 is 0 Å². The topological polar surface area (TPSA) is 15.3 Å². The van der Waals surface area contributed by atoms with Crippen LogP contribution in [0.4, 0.5) is 0 Å². The number of hydrogen-bond donors (Lipinski definition) is 1. The normalized spacial score (nSPS) is 32.1. The van der Waals surface area contributed by atoms with E-state index < -0.39 is 0 Å². The average molecular weight is 247 g/mol. The molecule has 0 aromatic carbocycles. The van der Waals surface area contributed by atoms with Gasteiger partial charge in [-0.2, -0.15) is 0 Å². The molecule has 2 aliphatic rings. The first-order valence-electron chi connectivity index (χ1n) is 6.85. The molecule has 96 valence electrons. The summed E-state index contributed by atoms with van der Waals surface area (Å²) in [4.78, 5) is 2.77. The molecule has 0 aromatic rings. The Morgan fingerprint density at radius 3 is 2.75 bits per heavy atom. The van der Waals surface area contributed by atoms with Crippen LogP contribution in [0.25, 0.3) is 0 Å². The molecule has 0 spiro atoms. The van der Waals surface area contributed by atoms with Gasteiger partial charge in [0.05, 0.1) is 0 Å². The number of hydrogen-bond acceptors (Lipinski definition) is 2. The first kappa shape index (κ1) is 14.3. The molecule has 2 aliphatic heterocycles. The van der Waals surface area contributed by atoms with E-state index in [2.05, 4.69) is 17.1 Å². The Labute approximate surface area is 107 Å². The van der Waals surface area contributed by atoms with Crippen LogP contribution in [-0.2, 0) is 0 Å². The maximum absolute atomic E-state index is 3.53. The van der Waals surface area contributed by atoms with Crippen molar-refractivity contribution in [3.8, 4) is 0 Å². The van der Waals surface area contributed by atoms with Gasteiger partial charge in [0.2, 0.25) is 0 Å². The van der Waals surface area contributed by atoms with E-state index >= 15 is 0 Å². The lowest BCUT2D eigenvalue weighted by Gasteiger charge is -2.38. The quantitative estimate of drug-likeness (QED) is 0.824. The van der Waals surface area contributed by atoms with Gasteiger partial charge in [-0.3, -0.25) is 0 Å². The monoisotopic (exact) mass is 246 g/mol. The maximum atomic E-state index is 3.53. The smallest absolute Gasteiger partial charge is 0.00927 e. The fourth-order valence-electron chi connectivity index (χ4n) is 3.17. The van der Waals surface area contributed by atoms with E-state index in [0.29, 0.717) is 0 Å². The Bertz CT molecular complexity index is 181. The van der Waals surface area contributed by atoms with Crippen molar-refractivity contribution in [1.29, 1.82) is 0 Å². The predicted molar refractivity (Wildman–Crippen MR) is 72.3 cm³/mol. The zero-order valence-electron chi connectivity index (χ0n) is 10.6. The van der Waals surface area contributed by atoms with Gasteiger partial charge in [-0.15, -0.1) is 12.4 Å². The molecule has 0 aromatic heterocycles. The van der Waals surface area contributed by atoms with Crippen molar-refractivity contribution in [2.24, 2.45) is 5.92 Å². The van der Waals surface area contributed by atoms with Gasteiger partial charge in [-0.05, 0) is 57.7 Å². The summed E-state index contributed by atoms with van der Waals surface area (Å²) in [5, 5.41) is 3.53. The van der Waals surface area contributed by atoms with Crippen LogP contribution in [-0.4, -0.2) is 37.1 Å². The molecule has 2 saturated heterocycles. The third-order valence-electron chi connectivity index (χ3n) is 4.11. The van der Waals surface area contributed by atoms with Crippen molar-refractivity contribution in [2.75, 3.05) is 26.2 Å². The molecule has 0 bridgehead atoms. The van der Waals surface area contributed by atoms with Gasteiger partial charge in [0.25, 0.3) is 0 Å². The summed E-state index contributed by atoms with van der Waals surface area (Å²) < 4.78 is 0. The Morgan fingerprint density at radius 2 is 2.06 bits per heavy atom. The minimum Gasteiger partial charge on any atom is -0.316 e. The summed E-state index contributed by atoms with van der Waals surface area (Å²) in [5.74, 6) is 0.922. The van der Waals surface area contributed by atoms with Gasteiger partial charge in [0.1, 0.15) is 0 Å². The molecule has 2 unspecified atom stereocenters. The summed E-state index contributed by atoms with van der Waals surface area (Å²) in [6.45, 7) is 7.56. The van der Waals surface area contributed by atoms with E-state index in [0.717, 1.165) is 12.0 Å². The van der Waals surface area contributed by atoms with Crippen LogP contribution >= 0.6 is 12.4 Å². The van der Waals surface area contributed by atoms with Gasteiger partial charge < -0.3 is 10.2 Å².